The molecule has 0 aliphatic carbocycles. The third-order valence-electron chi connectivity index (χ3n) is 2.67. The van der Waals surface area contributed by atoms with Gasteiger partial charge in [-0.2, -0.15) is 4.37 Å². The monoisotopic (exact) mass is 321 g/mol. The van der Waals surface area contributed by atoms with Crippen molar-refractivity contribution in [3.05, 3.63) is 30.3 Å². The quantitative estimate of drug-likeness (QED) is 0.668. The van der Waals surface area contributed by atoms with Crippen LogP contribution in [0.5, 0.6) is 0 Å². The van der Waals surface area contributed by atoms with Crippen molar-refractivity contribution in [2.24, 2.45) is 0 Å². The largest absolute Gasteiger partial charge is 0.416 e. The molecule has 0 amide bonds. The normalized spacial score (nSPS) is 10.9. The average Bonchev–Trinajstić information content (AvgIpc) is 3.14. The molecule has 0 N–H and O–H groups in total. The first-order valence-electron chi connectivity index (χ1n) is 5.80. The maximum absolute atomic E-state index is 5.82. The maximum atomic E-state index is 5.82. The molecule has 0 saturated heterocycles. The lowest BCUT2D eigenvalue weighted by atomic mass is 10.2. The average molecular weight is 321 g/mol. The molecular weight excluding hydrogens is 310 g/mol. The van der Waals surface area contributed by atoms with Crippen LogP contribution in [0, 0.1) is 0 Å². The number of nitrogens with zero attached hydrogens (tertiary/aromatic N) is 3. The van der Waals surface area contributed by atoms with E-state index < -0.39 is 0 Å². The number of hydrogen-bond acceptors (Lipinski definition) is 7. The Kier molecular flexibility index (Phi) is 4.09. The molecule has 0 fully saturated rings. The molecule has 0 unspecified atom stereocenters. The zero-order valence-corrected chi connectivity index (χ0v) is 13.3. The molecule has 7 heteroatoms. The van der Waals surface area contributed by atoms with Crippen molar-refractivity contribution in [2.45, 2.75) is 9.24 Å². The number of rotatable bonds is 4. The van der Waals surface area contributed by atoms with Crippen LogP contribution in [0.3, 0.4) is 0 Å². The van der Waals surface area contributed by atoms with Gasteiger partial charge in [0.05, 0.1) is 9.77 Å². The molecule has 0 aliphatic heterocycles. The van der Waals surface area contributed by atoms with E-state index in [1.165, 1.54) is 11.5 Å². The van der Waals surface area contributed by atoms with Crippen LogP contribution < -0.4 is 0 Å². The second-order valence-corrected chi connectivity index (χ2v) is 6.48. The lowest BCUT2D eigenvalue weighted by Crippen LogP contribution is -1.80. The van der Waals surface area contributed by atoms with Gasteiger partial charge in [-0.05, 0) is 36.2 Å². The van der Waals surface area contributed by atoms with Gasteiger partial charge in [0, 0.05) is 5.56 Å². The third kappa shape index (κ3) is 2.48. The fraction of sp³-hybridized carbons (Fsp3) is 0.154. The summed E-state index contributed by atoms with van der Waals surface area (Å²) in [5.41, 5.74) is 1.87. The van der Waals surface area contributed by atoms with Gasteiger partial charge >= 0.3 is 0 Å². The van der Waals surface area contributed by atoms with Gasteiger partial charge in [-0.3, -0.25) is 0 Å². The Hall–Kier alpha value is -1.31. The van der Waals surface area contributed by atoms with Gasteiger partial charge in [0.25, 0.3) is 5.89 Å². The SMILES string of the molecule is CSc1nsc(SC)c1-c1nnc(-c2ccccc2)o1. The molecular formula is C13H11N3OS3. The van der Waals surface area contributed by atoms with Crippen LogP contribution in [-0.2, 0) is 0 Å². The Labute approximate surface area is 129 Å². The molecule has 0 aliphatic rings. The van der Waals surface area contributed by atoms with E-state index in [0.717, 1.165) is 20.4 Å². The first-order valence-corrected chi connectivity index (χ1v) is 9.02. The smallest absolute Gasteiger partial charge is 0.252 e. The predicted octanol–water partition coefficient (Wildman–Crippen LogP) is 4.30. The van der Waals surface area contributed by atoms with Gasteiger partial charge in [-0.1, -0.05) is 18.2 Å². The van der Waals surface area contributed by atoms with E-state index in [9.17, 15) is 0 Å². The molecule has 20 heavy (non-hydrogen) atoms. The van der Waals surface area contributed by atoms with Crippen molar-refractivity contribution < 1.29 is 4.42 Å². The Morgan fingerprint density at radius 3 is 2.45 bits per heavy atom. The summed E-state index contributed by atoms with van der Waals surface area (Å²) in [6, 6.07) is 9.77. The topological polar surface area (TPSA) is 51.8 Å². The number of aromatic nitrogens is 3. The minimum absolute atomic E-state index is 0.533. The molecule has 3 rings (SSSR count). The summed E-state index contributed by atoms with van der Waals surface area (Å²) in [4.78, 5) is 0. The highest BCUT2D eigenvalue weighted by Crippen LogP contribution is 2.40. The van der Waals surface area contributed by atoms with Crippen LogP contribution >= 0.6 is 35.1 Å². The Bertz CT molecular complexity index is 687. The van der Waals surface area contributed by atoms with Crippen molar-refractivity contribution in [1.29, 1.82) is 0 Å². The second-order valence-electron chi connectivity index (χ2n) is 3.84. The fourth-order valence-electron chi connectivity index (χ4n) is 1.74. The Morgan fingerprint density at radius 1 is 1.00 bits per heavy atom. The predicted molar refractivity (Wildman–Crippen MR) is 84.4 cm³/mol. The van der Waals surface area contributed by atoms with Crippen LogP contribution in [0.1, 0.15) is 0 Å². The van der Waals surface area contributed by atoms with E-state index in [-0.39, 0.29) is 0 Å². The molecule has 0 spiro atoms. The lowest BCUT2D eigenvalue weighted by Gasteiger charge is -1.97. The Balaban J connectivity index is 2.04. The Morgan fingerprint density at radius 2 is 1.75 bits per heavy atom. The van der Waals surface area contributed by atoms with Crippen molar-refractivity contribution in [2.75, 3.05) is 12.5 Å². The van der Waals surface area contributed by atoms with Gasteiger partial charge < -0.3 is 4.42 Å². The van der Waals surface area contributed by atoms with Crippen molar-refractivity contribution >= 4 is 35.1 Å². The van der Waals surface area contributed by atoms with Gasteiger partial charge in [0.1, 0.15) is 5.03 Å². The van der Waals surface area contributed by atoms with E-state index in [2.05, 4.69) is 14.6 Å². The lowest BCUT2D eigenvalue weighted by molar-refractivity contribution is 0.582. The number of benzene rings is 1. The molecule has 3 aromatic rings. The van der Waals surface area contributed by atoms with Gasteiger partial charge in [0.2, 0.25) is 5.89 Å². The highest BCUT2D eigenvalue weighted by atomic mass is 32.2. The third-order valence-corrected chi connectivity index (χ3v) is 5.41. The number of hydrogen-bond donors (Lipinski definition) is 0. The number of thioether (sulfide) groups is 2. The molecule has 102 valence electrons. The van der Waals surface area contributed by atoms with E-state index in [1.807, 2.05) is 42.8 Å². The molecule has 0 atom stereocenters. The summed E-state index contributed by atoms with van der Waals surface area (Å²) in [5, 5.41) is 9.24. The summed E-state index contributed by atoms with van der Waals surface area (Å²) in [5.74, 6) is 1.07. The standard InChI is InChI=1S/C13H11N3OS3/c1-18-12-9(13(19-2)20-16-12)11-15-14-10(17-11)8-6-4-3-5-7-8/h3-7H,1-2H3. The first-order chi connectivity index (χ1) is 9.83. The fourth-order valence-corrected chi connectivity index (χ4v) is 4.00. The minimum Gasteiger partial charge on any atom is -0.416 e. The second kappa shape index (κ2) is 5.99. The molecule has 2 aromatic heterocycles. The minimum atomic E-state index is 0.533. The zero-order valence-electron chi connectivity index (χ0n) is 10.9. The van der Waals surface area contributed by atoms with Crippen molar-refractivity contribution in [1.82, 2.24) is 14.6 Å². The van der Waals surface area contributed by atoms with E-state index in [4.69, 9.17) is 4.42 Å². The van der Waals surface area contributed by atoms with Crippen LogP contribution in [0.25, 0.3) is 22.9 Å². The summed E-state index contributed by atoms with van der Waals surface area (Å²) in [6.07, 6.45) is 4.02. The summed E-state index contributed by atoms with van der Waals surface area (Å²) in [6.45, 7) is 0. The zero-order chi connectivity index (χ0) is 13.9. The van der Waals surface area contributed by atoms with Crippen molar-refractivity contribution in [3.8, 4) is 22.9 Å². The molecule has 4 nitrogen and oxygen atoms in total. The molecule has 2 heterocycles. The van der Waals surface area contributed by atoms with Crippen LogP contribution in [-0.4, -0.2) is 27.1 Å². The molecule has 1 aromatic carbocycles. The summed E-state index contributed by atoms with van der Waals surface area (Å²) in [7, 11) is 0. The van der Waals surface area contributed by atoms with Crippen molar-refractivity contribution in [3.63, 3.8) is 0 Å². The van der Waals surface area contributed by atoms with E-state index in [0.29, 0.717) is 11.8 Å². The summed E-state index contributed by atoms with van der Waals surface area (Å²) < 4.78 is 11.3. The van der Waals surface area contributed by atoms with E-state index >= 15 is 0 Å². The molecule has 0 bridgehead atoms. The first kappa shape index (κ1) is 13.7. The molecule has 0 radical (unpaired) electrons. The van der Waals surface area contributed by atoms with Gasteiger partial charge in [-0.25, -0.2) is 0 Å². The maximum Gasteiger partial charge on any atom is 0.252 e. The highest BCUT2D eigenvalue weighted by Gasteiger charge is 2.20. The summed E-state index contributed by atoms with van der Waals surface area (Å²) >= 11 is 4.70. The van der Waals surface area contributed by atoms with Gasteiger partial charge in [-0.15, -0.1) is 33.7 Å². The van der Waals surface area contributed by atoms with Gasteiger partial charge in [0.15, 0.2) is 0 Å². The van der Waals surface area contributed by atoms with Crippen LogP contribution in [0.2, 0.25) is 0 Å². The highest BCUT2D eigenvalue weighted by molar-refractivity contribution is 8.01. The molecule has 0 saturated carbocycles. The van der Waals surface area contributed by atoms with Crippen LogP contribution in [0.4, 0.5) is 0 Å². The van der Waals surface area contributed by atoms with E-state index in [1.54, 1.807) is 23.5 Å². The van der Waals surface area contributed by atoms with Crippen LogP contribution in [0.15, 0.2) is 44.0 Å².